The summed E-state index contributed by atoms with van der Waals surface area (Å²) in [5.41, 5.74) is 1.88. The first-order chi connectivity index (χ1) is 14.1. The van der Waals surface area contributed by atoms with Gasteiger partial charge in [-0.2, -0.15) is 5.26 Å². The van der Waals surface area contributed by atoms with Crippen molar-refractivity contribution in [3.8, 4) is 6.07 Å². The van der Waals surface area contributed by atoms with Gasteiger partial charge in [0.2, 0.25) is 0 Å². The quantitative estimate of drug-likeness (QED) is 0.481. The molecule has 6 nitrogen and oxygen atoms in total. The van der Waals surface area contributed by atoms with E-state index >= 15 is 0 Å². The molecule has 0 N–H and O–H groups in total. The maximum Gasteiger partial charge on any atom is 0.329 e. The molecule has 1 aromatic carbocycles. The van der Waals surface area contributed by atoms with E-state index in [1.807, 2.05) is 24.3 Å². The van der Waals surface area contributed by atoms with Crippen LogP contribution >= 0.6 is 0 Å². The second-order valence-corrected chi connectivity index (χ2v) is 7.90. The number of carbonyl (C=O) groups excluding carboxylic acids is 1. The number of anilines is 1. The van der Waals surface area contributed by atoms with Gasteiger partial charge in [-0.3, -0.25) is 4.79 Å². The van der Waals surface area contributed by atoms with E-state index in [2.05, 4.69) is 24.8 Å². The maximum atomic E-state index is 12.7. The van der Waals surface area contributed by atoms with Crippen LogP contribution in [0.1, 0.15) is 64.0 Å². The second kappa shape index (κ2) is 10.2. The Labute approximate surface area is 172 Å². The fourth-order valence-corrected chi connectivity index (χ4v) is 3.82. The molecule has 0 spiro atoms. The predicted octanol–water partition coefficient (Wildman–Crippen LogP) is 4.60. The highest BCUT2D eigenvalue weighted by atomic mass is 16.5. The van der Waals surface area contributed by atoms with Crippen LogP contribution < -0.4 is 4.90 Å². The van der Waals surface area contributed by atoms with Crippen molar-refractivity contribution in [3.63, 3.8) is 0 Å². The third-order valence-corrected chi connectivity index (χ3v) is 5.42. The molecule has 0 aliphatic carbocycles. The summed E-state index contributed by atoms with van der Waals surface area (Å²) in [7, 11) is 0. The molecule has 29 heavy (non-hydrogen) atoms. The highest BCUT2D eigenvalue weighted by Crippen LogP contribution is 2.30. The SMILES string of the molecule is CCCCCCOC(=O)[C@H](C#N)c1nc2ccccc2nc1N1CCC[C@H](C)C1. The van der Waals surface area contributed by atoms with Crippen LogP contribution in [0, 0.1) is 17.2 Å². The standard InChI is InChI=1S/C23H30N4O2/c1-3-4-5-8-14-29-23(28)18(15-24)21-22(27-13-9-10-17(2)16-27)26-20-12-7-6-11-19(20)25-21/h6-7,11-12,17-18H,3-5,8-10,13-14,16H2,1-2H3/t17-,18+/m0/s1. The average Bonchev–Trinajstić information content (AvgIpc) is 2.73. The topological polar surface area (TPSA) is 79.1 Å². The van der Waals surface area contributed by atoms with E-state index in [0.29, 0.717) is 29.6 Å². The number of fused-ring (bicyclic) bond motifs is 1. The van der Waals surface area contributed by atoms with Gasteiger partial charge in [0, 0.05) is 13.1 Å². The summed E-state index contributed by atoms with van der Waals surface area (Å²) in [6.45, 7) is 6.40. The molecule has 0 radical (unpaired) electrons. The Hall–Kier alpha value is -2.68. The maximum absolute atomic E-state index is 12.7. The molecular weight excluding hydrogens is 364 g/mol. The van der Waals surface area contributed by atoms with Crippen molar-refractivity contribution in [1.82, 2.24) is 9.97 Å². The number of benzene rings is 1. The number of para-hydroxylation sites is 2. The molecule has 1 fully saturated rings. The van der Waals surface area contributed by atoms with E-state index in [9.17, 15) is 10.1 Å². The summed E-state index contributed by atoms with van der Waals surface area (Å²) in [4.78, 5) is 24.4. The zero-order valence-corrected chi connectivity index (χ0v) is 17.4. The van der Waals surface area contributed by atoms with Crippen molar-refractivity contribution >= 4 is 22.8 Å². The molecule has 6 heteroatoms. The summed E-state index contributed by atoms with van der Waals surface area (Å²) >= 11 is 0. The molecule has 1 aromatic heterocycles. The monoisotopic (exact) mass is 394 g/mol. The highest BCUT2D eigenvalue weighted by Gasteiger charge is 2.31. The van der Waals surface area contributed by atoms with Crippen LogP contribution in [-0.2, 0) is 9.53 Å². The van der Waals surface area contributed by atoms with Crippen molar-refractivity contribution in [2.24, 2.45) is 5.92 Å². The third kappa shape index (κ3) is 5.23. The Morgan fingerprint density at radius 3 is 2.72 bits per heavy atom. The first-order valence-corrected chi connectivity index (χ1v) is 10.7. The highest BCUT2D eigenvalue weighted by molar-refractivity contribution is 5.85. The summed E-state index contributed by atoms with van der Waals surface area (Å²) in [6, 6.07) is 9.70. The minimum Gasteiger partial charge on any atom is -0.464 e. The average molecular weight is 395 g/mol. The smallest absolute Gasteiger partial charge is 0.329 e. The molecule has 154 valence electrons. The third-order valence-electron chi connectivity index (χ3n) is 5.42. The zero-order valence-electron chi connectivity index (χ0n) is 17.4. The van der Waals surface area contributed by atoms with Gasteiger partial charge in [-0.1, -0.05) is 45.2 Å². The largest absolute Gasteiger partial charge is 0.464 e. The number of hydrogen-bond acceptors (Lipinski definition) is 6. The zero-order chi connectivity index (χ0) is 20.6. The molecule has 0 unspecified atom stereocenters. The fraction of sp³-hybridized carbons (Fsp3) is 0.565. The second-order valence-electron chi connectivity index (χ2n) is 7.90. The number of aromatic nitrogens is 2. The van der Waals surface area contributed by atoms with Crippen LogP contribution in [0.25, 0.3) is 11.0 Å². The van der Waals surface area contributed by atoms with E-state index in [0.717, 1.165) is 50.7 Å². The van der Waals surface area contributed by atoms with Crippen molar-refractivity contribution in [1.29, 1.82) is 5.26 Å². The van der Waals surface area contributed by atoms with Crippen LogP contribution in [0.3, 0.4) is 0 Å². The first kappa shape index (κ1) is 21.0. The lowest BCUT2D eigenvalue weighted by atomic mass is 9.99. The van der Waals surface area contributed by atoms with E-state index in [-0.39, 0.29) is 0 Å². The van der Waals surface area contributed by atoms with Crippen LogP contribution in [0.5, 0.6) is 0 Å². The Kier molecular flexibility index (Phi) is 7.40. The van der Waals surface area contributed by atoms with Gasteiger partial charge in [0.25, 0.3) is 0 Å². The summed E-state index contributed by atoms with van der Waals surface area (Å²) < 4.78 is 5.42. The number of carbonyl (C=O) groups is 1. The van der Waals surface area contributed by atoms with Crippen LogP contribution in [0.4, 0.5) is 5.82 Å². The lowest BCUT2D eigenvalue weighted by Gasteiger charge is -2.33. The number of nitrogens with zero attached hydrogens (tertiary/aromatic N) is 4. The number of hydrogen-bond donors (Lipinski definition) is 0. The van der Waals surface area contributed by atoms with Crippen LogP contribution in [0.15, 0.2) is 24.3 Å². The molecular formula is C23H30N4O2. The number of piperidine rings is 1. The van der Waals surface area contributed by atoms with Gasteiger partial charge in [0.15, 0.2) is 11.7 Å². The van der Waals surface area contributed by atoms with Gasteiger partial charge in [-0.15, -0.1) is 0 Å². The number of unbranched alkanes of at least 4 members (excludes halogenated alkanes) is 3. The molecule has 3 rings (SSSR count). The molecule has 2 heterocycles. The number of esters is 1. The molecule has 0 amide bonds. The Morgan fingerprint density at radius 1 is 1.28 bits per heavy atom. The molecule has 2 atom stereocenters. The minimum atomic E-state index is -1.06. The van der Waals surface area contributed by atoms with Gasteiger partial charge in [0.05, 0.1) is 23.7 Å². The lowest BCUT2D eigenvalue weighted by Crippen LogP contribution is -2.36. The predicted molar refractivity (Wildman–Crippen MR) is 114 cm³/mol. The number of nitriles is 1. The van der Waals surface area contributed by atoms with Gasteiger partial charge in [-0.05, 0) is 37.3 Å². The normalized spacial score (nSPS) is 17.7. The van der Waals surface area contributed by atoms with Gasteiger partial charge >= 0.3 is 5.97 Å². The summed E-state index contributed by atoms with van der Waals surface area (Å²) in [5, 5.41) is 9.80. The summed E-state index contributed by atoms with van der Waals surface area (Å²) in [6.07, 6.45) is 6.32. The minimum absolute atomic E-state index is 0.341. The van der Waals surface area contributed by atoms with E-state index < -0.39 is 11.9 Å². The number of rotatable bonds is 8. The van der Waals surface area contributed by atoms with Gasteiger partial charge in [0.1, 0.15) is 5.69 Å². The number of ether oxygens (including phenoxy) is 1. The molecule has 1 aliphatic heterocycles. The van der Waals surface area contributed by atoms with Crippen molar-refractivity contribution in [2.75, 3.05) is 24.6 Å². The molecule has 0 saturated carbocycles. The Bertz CT molecular complexity index is 877. The molecule has 1 saturated heterocycles. The molecule has 0 bridgehead atoms. The van der Waals surface area contributed by atoms with Crippen LogP contribution in [0.2, 0.25) is 0 Å². The van der Waals surface area contributed by atoms with E-state index in [1.54, 1.807) is 0 Å². The van der Waals surface area contributed by atoms with Gasteiger partial charge < -0.3 is 9.64 Å². The fourth-order valence-electron chi connectivity index (χ4n) is 3.82. The Balaban J connectivity index is 1.89. The lowest BCUT2D eigenvalue weighted by molar-refractivity contribution is -0.144. The van der Waals surface area contributed by atoms with Crippen LogP contribution in [-0.4, -0.2) is 35.6 Å². The first-order valence-electron chi connectivity index (χ1n) is 10.7. The van der Waals surface area contributed by atoms with E-state index in [1.165, 1.54) is 6.42 Å². The van der Waals surface area contributed by atoms with Gasteiger partial charge in [-0.25, -0.2) is 9.97 Å². The van der Waals surface area contributed by atoms with E-state index in [4.69, 9.17) is 14.7 Å². The summed E-state index contributed by atoms with van der Waals surface area (Å²) in [5.74, 6) is -0.411. The van der Waals surface area contributed by atoms with Crippen molar-refractivity contribution < 1.29 is 9.53 Å². The molecule has 1 aliphatic rings. The van der Waals surface area contributed by atoms with Crippen molar-refractivity contribution in [3.05, 3.63) is 30.0 Å². The molecule has 2 aromatic rings. The van der Waals surface area contributed by atoms with Crippen molar-refractivity contribution in [2.45, 2.75) is 58.3 Å². The Morgan fingerprint density at radius 2 is 2.03 bits per heavy atom.